The van der Waals surface area contributed by atoms with Gasteiger partial charge >= 0.3 is 0 Å². The van der Waals surface area contributed by atoms with E-state index in [4.69, 9.17) is 27.9 Å². The zero-order valence-corrected chi connectivity index (χ0v) is 28.0. The number of nitrogens with one attached hydrogen (secondary N) is 1. The standard InChI is InChI=1S/C38H31Cl2N3O6/c1-42-34(45)25-15-14-24-27(31(25)36(42)47)18-28-35(46)43(41-30-16-10-21(39)17-29(30)40)37(48)38(28,20-8-11-22(49-2)12-9-20)32(24)26-13-7-19-5-3-4-6-23(19)33(26)44/h3-14,16-17,25,27-28,31-32,41,44H,15,18H2,1-2H3. The van der Waals surface area contributed by atoms with Gasteiger partial charge in [0.2, 0.25) is 11.8 Å². The molecule has 0 bridgehead atoms. The summed E-state index contributed by atoms with van der Waals surface area (Å²) < 4.78 is 5.45. The van der Waals surface area contributed by atoms with E-state index in [1.807, 2.05) is 36.4 Å². The lowest BCUT2D eigenvalue weighted by Gasteiger charge is -2.50. The number of carbonyl (C=O) groups is 4. The van der Waals surface area contributed by atoms with Gasteiger partial charge in [-0.25, -0.2) is 0 Å². The summed E-state index contributed by atoms with van der Waals surface area (Å²) in [5.41, 5.74) is 3.47. The van der Waals surface area contributed by atoms with Crippen LogP contribution in [0.5, 0.6) is 11.5 Å². The summed E-state index contributed by atoms with van der Waals surface area (Å²) in [6, 6.07) is 22.8. The highest BCUT2D eigenvalue weighted by Crippen LogP contribution is 2.65. The minimum Gasteiger partial charge on any atom is -0.507 e. The first kappa shape index (κ1) is 31.4. The number of methoxy groups -OCH3 is 1. The van der Waals surface area contributed by atoms with Gasteiger partial charge < -0.3 is 9.84 Å². The first-order valence-corrected chi connectivity index (χ1v) is 16.8. The molecule has 2 heterocycles. The SMILES string of the molecule is COc1ccc(C23C(=O)N(Nc4ccc(Cl)cc4Cl)C(=O)C2CC2C(=CCC4C(=O)N(C)C(=O)C42)C3c2ccc3ccccc3c2O)cc1. The molecule has 6 unspecified atom stereocenters. The van der Waals surface area contributed by atoms with E-state index in [1.165, 1.54) is 18.0 Å². The van der Waals surface area contributed by atoms with E-state index >= 15 is 4.79 Å². The van der Waals surface area contributed by atoms with Crippen molar-refractivity contribution >= 4 is 63.3 Å². The molecule has 2 N–H and O–H groups in total. The fraction of sp³-hybridized carbons (Fsp3) is 0.263. The molecule has 0 spiro atoms. The quantitative estimate of drug-likeness (QED) is 0.182. The molecule has 49 heavy (non-hydrogen) atoms. The van der Waals surface area contributed by atoms with Crippen LogP contribution in [0.1, 0.15) is 29.9 Å². The predicted molar refractivity (Wildman–Crippen MR) is 184 cm³/mol. The average Bonchev–Trinajstić information content (AvgIpc) is 3.46. The van der Waals surface area contributed by atoms with Crippen molar-refractivity contribution in [3.05, 3.63) is 112 Å². The highest BCUT2D eigenvalue weighted by molar-refractivity contribution is 6.36. The normalized spacial score (nSPS) is 27.6. The number of nitrogens with zero attached hydrogens (tertiary/aromatic N) is 2. The Morgan fingerprint density at radius 3 is 2.39 bits per heavy atom. The fourth-order valence-electron chi connectivity index (χ4n) is 8.85. The van der Waals surface area contributed by atoms with Crippen molar-refractivity contribution in [3.63, 3.8) is 0 Å². The second-order valence-electron chi connectivity index (χ2n) is 13.2. The molecule has 4 aromatic rings. The van der Waals surface area contributed by atoms with Crippen molar-refractivity contribution in [3.8, 4) is 11.5 Å². The number of ether oxygens (including phenoxy) is 1. The highest BCUT2D eigenvalue weighted by atomic mass is 35.5. The van der Waals surface area contributed by atoms with Crippen LogP contribution < -0.4 is 10.2 Å². The molecule has 3 fully saturated rings. The van der Waals surface area contributed by atoms with Crippen LogP contribution in [-0.2, 0) is 24.6 Å². The summed E-state index contributed by atoms with van der Waals surface area (Å²) in [5, 5.41) is 15.1. The molecule has 8 rings (SSSR count). The van der Waals surface area contributed by atoms with Gasteiger partial charge in [0.05, 0.1) is 41.0 Å². The molecular weight excluding hydrogens is 665 g/mol. The van der Waals surface area contributed by atoms with Gasteiger partial charge in [-0.2, -0.15) is 5.01 Å². The second kappa shape index (κ2) is 11.4. The van der Waals surface area contributed by atoms with Gasteiger partial charge in [-0.15, -0.1) is 0 Å². The van der Waals surface area contributed by atoms with Gasteiger partial charge in [0, 0.05) is 28.9 Å². The molecule has 4 aromatic carbocycles. The van der Waals surface area contributed by atoms with Crippen molar-refractivity contribution in [2.45, 2.75) is 24.2 Å². The Bertz CT molecular complexity index is 2130. The van der Waals surface area contributed by atoms with E-state index in [1.54, 1.807) is 49.6 Å². The van der Waals surface area contributed by atoms with Gasteiger partial charge in [-0.05, 0) is 60.0 Å². The third-order valence-corrected chi connectivity index (χ3v) is 11.6. The Morgan fingerprint density at radius 2 is 1.65 bits per heavy atom. The molecule has 2 saturated heterocycles. The number of carbonyl (C=O) groups excluding carboxylic acids is 4. The van der Waals surface area contributed by atoms with Crippen molar-refractivity contribution in [2.75, 3.05) is 19.6 Å². The Balaban J connectivity index is 1.40. The molecule has 4 amide bonds. The van der Waals surface area contributed by atoms with Crippen molar-refractivity contribution in [1.29, 1.82) is 0 Å². The van der Waals surface area contributed by atoms with Crippen LogP contribution in [0.4, 0.5) is 5.69 Å². The number of allylic oxidation sites excluding steroid dienone is 2. The Kier molecular flexibility index (Phi) is 7.28. The maximum absolute atomic E-state index is 15.3. The third kappa shape index (κ3) is 4.38. The van der Waals surface area contributed by atoms with E-state index < -0.39 is 46.8 Å². The minimum absolute atomic E-state index is 0.0169. The summed E-state index contributed by atoms with van der Waals surface area (Å²) in [5.74, 6) is -4.74. The largest absolute Gasteiger partial charge is 0.507 e. The molecule has 2 aliphatic carbocycles. The Hall–Kier alpha value is -4.86. The van der Waals surface area contributed by atoms with E-state index in [2.05, 4.69) is 5.43 Å². The number of imide groups is 2. The number of likely N-dealkylation sites (tertiary alicyclic amines) is 1. The number of benzene rings is 4. The number of anilines is 1. The summed E-state index contributed by atoms with van der Waals surface area (Å²) in [6.07, 6.45) is 2.39. The fourth-order valence-corrected chi connectivity index (χ4v) is 9.30. The van der Waals surface area contributed by atoms with Gasteiger partial charge in [0.25, 0.3) is 11.8 Å². The van der Waals surface area contributed by atoms with Crippen molar-refractivity contribution in [2.24, 2.45) is 23.7 Å². The number of aromatic hydroxyl groups is 1. The highest BCUT2D eigenvalue weighted by Gasteiger charge is 2.70. The number of halogens is 2. The molecule has 2 aliphatic heterocycles. The number of hydrogen-bond donors (Lipinski definition) is 2. The number of phenolic OH excluding ortho intramolecular Hbond substituents is 1. The summed E-state index contributed by atoms with van der Waals surface area (Å²) >= 11 is 12.7. The summed E-state index contributed by atoms with van der Waals surface area (Å²) in [6.45, 7) is 0. The predicted octanol–water partition coefficient (Wildman–Crippen LogP) is 6.48. The van der Waals surface area contributed by atoms with Crippen LogP contribution in [0.25, 0.3) is 10.8 Å². The van der Waals surface area contributed by atoms with Crippen molar-refractivity contribution in [1.82, 2.24) is 9.91 Å². The van der Waals surface area contributed by atoms with Crippen molar-refractivity contribution < 1.29 is 29.0 Å². The molecule has 0 radical (unpaired) electrons. The Morgan fingerprint density at radius 1 is 0.898 bits per heavy atom. The topological polar surface area (TPSA) is 116 Å². The zero-order valence-electron chi connectivity index (χ0n) is 26.5. The lowest BCUT2D eigenvalue weighted by Crippen LogP contribution is -2.53. The Labute approximate surface area is 292 Å². The number of phenols is 1. The molecule has 0 aromatic heterocycles. The molecule has 9 nitrogen and oxygen atoms in total. The minimum atomic E-state index is -1.57. The molecule has 4 aliphatic rings. The van der Waals surface area contributed by atoms with E-state index in [-0.39, 0.29) is 29.0 Å². The average molecular weight is 697 g/mol. The van der Waals surface area contributed by atoms with Crippen LogP contribution >= 0.6 is 23.2 Å². The van der Waals surface area contributed by atoms with Crippen LogP contribution in [0, 0.1) is 23.7 Å². The summed E-state index contributed by atoms with van der Waals surface area (Å²) in [4.78, 5) is 58.3. The monoisotopic (exact) mass is 695 g/mol. The van der Waals surface area contributed by atoms with E-state index in [0.717, 1.165) is 16.0 Å². The molecule has 6 atom stereocenters. The van der Waals surface area contributed by atoms with Gasteiger partial charge in [0.1, 0.15) is 11.5 Å². The lowest BCUT2D eigenvalue weighted by atomic mass is 9.49. The van der Waals surface area contributed by atoms with Crippen LogP contribution in [0.3, 0.4) is 0 Å². The number of hydrogen-bond acceptors (Lipinski definition) is 7. The van der Waals surface area contributed by atoms with Gasteiger partial charge in [-0.1, -0.05) is 83.4 Å². The van der Waals surface area contributed by atoms with E-state index in [0.29, 0.717) is 39.4 Å². The number of hydrazine groups is 1. The number of fused-ring (bicyclic) bond motifs is 5. The van der Waals surface area contributed by atoms with Gasteiger partial charge in [-0.3, -0.25) is 29.5 Å². The molecule has 1 saturated carbocycles. The van der Waals surface area contributed by atoms with Gasteiger partial charge in [0.15, 0.2) is 0 Å². The van der Waals surface area contributed by atoms with Crippen LogP contribution in [0.2, 0.25) is 10.0 Å². The second-order valence-corrected chi connectivity index (χ2v) is 14.0. The number of amides is 4. The number of rotatable bonds is 5. The third-order valence-electron chi connectivity index (χ3n) is 11.0. The maximum atomic E-state index is 15.3. The first-order chi connectivity index (χ1) is 23.6. The molecular formula is C38H31Cl2N3O6. The van der Waals surface area contributed by atoms with Crippen LogP contribution in [-0.4, -0.2) is 52.8 Å². The smallest absolute Gasteiger partial charge is 0.260 e. The summed E-state index contributed by atoms with van der Waals surface area (Å²) in [7, 11) is 3.04. The zero-order chi connectivity index (χ0) is 34.4. The molecule has 248 valence electrons. The van der Waals surface area contributed by atoms with E-state index in [9.17, 15) is 19.5 Å². The lowest BCUT2D eigenvalue weighted by molar-refractivity contribution is -0.140. The first-order valence-electron chi connectivity index (χ1n) is 16.0. The maximum Gasteiger partial charge on any atom is 0.260 e. The molecule has 11 heteroatoms. The van der Waals surface area contributed by atoms with Crippen LogP contribution in [0.15, 0.2) is 90.5 Å².